The summed E-state index contributed by atoms with van der Waals surface area (Å²) in [7, 11) is 0. The number of aromatic amines is 1. The first-order valence-corrected chi connectivity index (χ1v) is 8.60. The quantitative estimate of drug-likeness (QED) is 0.893. The molecule has 1 atom stereocenters. The summed E-state index contributed by atoms with van der Waals surface area (Å²) in [6.45, 7) is 7.53. The highest BCUT2D eigenvalue weighted by Gasteiger charge is 2.30. The number of likely N-dealkylation sites (tertiary alicyclic amines) is 1. The van der Waals surface area contributed by atoms with E-state index in [0.29, 0.717) is 0 Å². The largest absolute Gasteiger partial charge is 0.354 e. The Morgan fingerprint density at radius 3 is 2.95 bits per heavy atom. The number of carbonyl (C=O) groups is 1. The van der Waals surface area contributed by atoms with Gasteiger partial charge in [0, 0.05) is 30.1 Å². The number of hydrogen-bond donors (Lipinski definition) is 2. The fraction of sp³-hybridized carbons (Fsp3) is 0.765. The Kier molecular flexibility index (Phi) is 4.52. The maximum atomic E-state index is 12.5. The van der Waals surface area contributed by atoms with Crippen molar-refractivity contribution >= 4 is 5.91 Å². The zero-order valence-corrected chi connectivity index (χ0v) is 13.8. The number of H-pyrrole nitrogens is 1. The van der Waals surface area contributed by atoms with E-state index in [0.717, 1.165) is 44.6 Å². The normalized spacial score (nSPS) is 23.1. The maximum Gasteiger partial charge on any atom is 0.223 e. The first kappa shape index (κ1) is 15.5. The van der Waals surface area contributed by atoms with E-state index in [-0.39, 0.29) is 17.4 Å². The maximum absolute atomic E-state index is 12.5. The summed E-state index contributed by atoms with van der Waals surface area (Å²) in [5, 5.41) is 10.3. The lowest BCUT2D eigenvalue weighted by Crippen LogP contribution is -2.54. The van der Waals surface area contributed by atoms with Crippen molar-refractivity contribution in [3.63, 3.8) is 0 Å². The monoisotopic (exact) mass is 304 g/mol. The third-order valence-corrected chi connectivity index (χ3v) is 5.30. The van der Waals surface area contributed by atoms with Gasteiger partial charge in [-0.2, -0.15) is 5.10 Å². The first-order chi connectivity index (χ1) is 10.6. The van der Waals surface area contributed by atoms with Crippen molar-refractivity contribution < 1.29 is 4.79 Å². The molecule has 2 heterocycles. The molecule has 0 unspecified atom stereocenters. The molecule has 0 aromatic carbocycles. The number of nitrogens with zero attached hydrogens (tertiary/aromatic N) is 2. The van der Waals surface area contributed by atoms with Gasteiger partial charge >= 0.3 is 0 Å². The van der Waals surface area contributed by atoms with E-state index in [1.54, 1.807) is 0 Å². The second kappa shape index (κ2) is 6.41. The molecule has 5 heteroatoms. The smallest absolute Gasteiger partial charge is 0.223 e. The van der Waals surface area contributed by atoms with E-state index in [1.807, 2.05) is 6.20 Å². The minimum atomic E-state index is 0.0455. The topological polar surface area (TPSA) is 61.0 Å². The van der Waals surface area contributed by atoms with E-state index in [2.05, 4.69) is 34.3 Å². The van der Waals surface area contributed by atoms with Gasteiger partial charge in [0.15, 0.2) is 0 Å². The highest BCUT2D eigenvalue weighted by molar-refractivity contribution is 5.79. The fourth-order valence-electron chi connectivity index (χ4n) is 3.69. The van der Waals surface area contributed by atoms with Crippen molar-refractivity contribution in [3.8, 4) is 0 Å². The van der Waals surface area contributed by atoms with E-state index >= 15 is 0 Å². The summed E-state index contributed by atoms with van der Waals surface area (Å²) in [6, 6.07) is 0. The number of nitrogens with one attached hydrogen (secondary N) is 2. The Labute approximate surface area is 132 Å². The molecular formula is C17H28N4O. The highest BCUT2D eigenvalue weighted by Crippen LogP contribution is 2.24. The number of piperidine rings is 1. The van der Waals surface area contributed by atoms with E-state index in [1.165, 1.54) is 24.8 Å². The first-order valence-electron chi connectivity index (χ1n) is 8.60. The number of fused-ring (bicyclic) bond motifs is 1. The van der Waals surface area contributed by atoms with Crippen molar-refractivity contribution in [1.29, 1.82) is 0 Å². The van der Waals surface area contributed by atoms with Gasteiger partial charge < -0.3 is 5.32 Å². The van der Waals surface area contributed by atoms with Crippen LogP contribution < -0.4 is 5.32 Å². The van der Waals surface area contributed by atoms with E-state index in [9.17, 15) is 4.79 Å². The Hall–Kier alpha value is -1.36. The molecular weight excluding hydrogens is 276 g/mol. The summed E-state index contributed by atoms with van der Waals surface area (Å²) in [5.41, 5.74) is 2.46. The van der Waals surface area contributed by atoms with Crippen LogP contribution in [0.5, 0.6) is 0 Å². The van der Waals surface area contributed by atoms with Crippen LogP contribution in [0.1, 0.15) is 50.8 Å². The lowest BCUT2D eigenvalue weighted by Gasteiger charge is -2.41. The van der Waals surface area contributed by atoms with Gasteiger partial charge in [-0.25, -0.2) is 0 Å². The minimum Gasteiger partial charge on any atom is -0.354 e. The molecule has 1 aliphatic heterocycles. The average molecular weight is 304 g/mol. The Morgan fingerprint density at radius 1 is 1.41 bits per heavy atom. The number of aryl methyl sites for hydroxylation is 1. The molecule has 1 saturated heterocycles. The van der Waals surface area contributed by atoms with Crippen LogP contribution in [0, 0.1) is 5.92 Å². The molecule has 1 aromatic heterocycles. The second-order valence-corrected chi connectivity index (χ2v) is 7.39. The Morgan fingerprint density at radius 2 is 2.18 bits per heavy atom. The lowest BCUT2D eigenvalue weighted by molar-refractivity contribution is -0.126. The molecule has 1 aromatic rings. The van der Waals surface area contributed by atoms with Crippen molar-refractivity contribution in [2.45, 2.75) is 57.9 Å². The number of rotatable bonds is 4. The molecule has 3 rings (SSSR count). The molecule has 0 saturated carbocycles. The predicted molar refractivity (Wildman–Crippen MR) is 86.6 cm³/mol. The van der Waals surface area contributed by atoms with Gasteiger partial charge in [-0.15, -0.1) is 0 Å². The zero-order chi connectivity index (χ0) is 15.6. The van der Waals surface area contributed by atoms with E-state index < -0.39 is 0 Å². The van der Waals surface area contributed by atoms with Gasteiger partial charge in [0.2, 0.25) is 5.91 Å². The Bertz CT molecular complexity index is 516. The zero-order valence-electron chi connectivity index (χ0n) is 13.8. The van der Waals surface area contributed by atoms with E-state index in [4.69, 9.17) is 0 Å². The van der Waals surface area contributed by atoms with Gasteiger partial charge in [-0.1, -0.05) is 6.42 Å². The molecule has 0 bridgehead atoms. The van der Waals surface area contributed by atoms with Crippen molar-refractivity contribution in [1.82, 2.24) is 20.4 Å². The minimum absolute atomic E-state index is 0.0455. The molecule has 2 aliphatic rings. The van der Waals surface area contributed by atoms with Crippen LogP contribution in [0.4, 0.5) is 0 Å². The number of carbonyl (C=O) groups excluding carboxylic acids is 1. The number of amides is 1. The lowest BCUT2D eigenvalue weighted by atomic mass is 9.87. The van der Waals surface area contributed by atoms with Crippen LogP contribution in [0.15, 0.2) is 6.20 Å². The molecule has 122 valence electrons. The summed E-state index contributed by atoms with van der Waals surface area (Å²) in [4.78, 5) is 15.0. The summed E-state index contributed by atoms with van der Waals surface area (Å²) in [5.74, 6) is 0.287. The van der Waals surface area contributed by atoms with Gasteiger partial charge in [-0.05, 0) is 58.2 Å². The van der Waals surface area contributed by atoms with Gasteiger partial charge in [0.05, 0.1) is 6.20 Å². The van der Waals surface area contributed by atoms with Crippen molar-refractivity contribution in [3.05, 3.63) is 17.5 Å². The number of aromatic nitrogens is 2. The number of hydrogen-bond acceptors (Lipinski definition) is 3. The molecule has 22 heavy (non-hydrogen) atoms. The van der Waals surface area contributed by atoms with Crippen LogP contribution in [0.25, 0.3) is 0 Å². The predicted octanol–water partition coefficient (Wildman–Crippen LogP) is 1.90. The fourth-order valence-corrected chi connectivity index (χ4v) is 3.69. The summed E-state index contributed by atoms with van der Waals surface area (Å²) >= 11 is 0. The van der Waals surface area contributed by atoms with Crippen LogP contribution >= 0.6 is 0 Å². The molecule has 1 aliphatic carbocycles. The molecule has 0 spiro atoms. The van der Waals surface area contributed by atoms with Crippen LogP contribution in [0.3, 0.4) is 0 Å². The van der Waals surface area contributed by atoms with Gasteiger partial charge in [0.25, 0.3) is 0 Å². The molecule has 1 fully saturated rings. The molecule has 2 N–H and O–H groups in total. The Balaban J connectivity index is 1.52. The van der Waals surface area contributed by atoms with Crippen molar-refractivity contribution in [2.24, 2.45) is 5.92 Å². The summed E-state index contributed by atoms with van der Waals surface area (Å²) < 4.78 is 0. The standard InChI is InChI=1S/C17H28N4O/c1-17(2,21-8-4-3-5-9-21)12-18-16(22)13-6-7-14-11-19-20-15(14)10-13/h11,13H,3-10,12H2,1-2H3,(H,18,22)(H,19,20)/t13-/m0/s1. The second-order valence-electron chi connectivity index (χ2n) is 7.39. The highest BCUT2D eigenvalue weighted by atomic mass is 16.1. The summed E-state index contributed by atoms with van der Waals surface area (Å²) in [6.07, 6.45) is 8.48. The van der Waals surface area contributed by atoms with Crippen LogP contribution in [0.2, 0.25) is 0 Å². The average Bonchev–Trinajstić information content (AvgIpc) is 3.01. The van der Waals surface area contributed by atoms with Gasteiger partial charge in [0.1, 0.15) is 0 Å². The van der Waals surface area contributed by atoms with Crippen molar-refractivity contribution in [2.75, 3.05) is 19.6 Å². The van der Waals surface area contributed by atoms with Gasteiger partial charge in [-0.3, -0.25) is 14.8 Å². The SMILES string of the molecule is CC(C)(CNC(=O)[C@H]1CCc2cn[nH]c2C1)N1CCCCC1. The molecule has 0 radical (unpaired) electrons. The molecule has 5 nitrogen and oxygen atoms in total. The molecule has 1 amide bonds. The van der Waals surface area contributed by atoms with Crippen LogP contribution in [-0.2, 0) is 17.6 Å². The third kappa shape index (κ3) is 3.35. The van der Waals surface area contributed by atoms with Crippen LogP contribution in [-0.4, -0.2) is 46.2 Å². The third-order valence-electron chi connectivity index (χ3n) is 5.30.